The maximum absolute atomic E-state index is 5.98. The van der Waals surface area contributed by atoms with Crippen LogP contribution in [-0.2, 0) is 0 Å². The van der Waals surface area contributed by atoms with Crippen molar-refractivity contribution >= 4 is 47.9 Å². The molecule has 5 heteroatoms. The fourth-order valence-corrected chi connectivity index (χ4v) is 2.84. The predicted octanol–water partition coefficient (Wildman–Crippen LogP) is 5.17. The molecule has 0 heterocycles. The van der Waals surface area contributed by atoms with Crippen LogP contribution in [0.15, 0.2) is 35.2 Å². The molecule has 0 saturated carbocycles. The molecule has 1 aromatic rings. The Kier molecular flexibility index (Phi) is 2.16. The lowest BCUT2D eigenvalue weighted by Crippen LogP contribution is -2.04. The molecule has 0 N–H and O–H groups in total. The first-order chi connectivity index (χ1) is 5.09. The normalized spacial score (nSPS) is 18.1. The van der Waals surface area contributed by atoms with Crippen LogP contribution in [0.1, 0.15) is 0 Å². The average molecular weight is 266 g/mol. The number of hydrogen-bond acceptors (Lipinski definition) is 0. The second-order valence-corrected chi connectivity index (χ2v) is 20.2. The highest BCUT2D eigenvalue weighted by atomic mass is 36.4. The zero-order valence-corrected chi connectivity index (χ0v) is 10.1. The largest absolute Gasteiger partial charge is 0.0622 e. The SMILES string of the molecule is CS(Cl)(Cl)(Cl)(Cl)c1ccccc1. The van der Waals surface area contributed by atoms with Crippen molar-refractivity contribution in [3.05, 3.63) is 30.3 Å². The van der Waals surface area contributed by atoms with Crippen molar-refractivity contribution in [2.45, 2.75) is 4.90 Å². The maximum Gasteiger partial charge on any atom is 0.0240 e. The molecule has 0 radical (unpaired) electrons. The van der Waals surface area contributed by atoms with E-state index in [0.29, 0.717) is 4.90 Å². The molecule has 12 heavy (non-hydrogen) atoms. The molecule has 0 spiro atoms. The zero-order valence-electron chi connectivity index (χ0n) is 6.31. The second-order valence-electron chi connectivity index (χ2n) is 2.79. The molecular weight excluding hydrogens is 258 g/mol. The lowest BCUT2D eigenvalue weighted by atomic mass is 10.4. The first-order valence-electron chi connectivity index (χ1n) is 3.14. The first-order valence-corrected chi connectivity index (χ1v) is 9.30. The summed E-state index contributed by atoms with van der Waals surface area (Å²) >= 11 is 0. The van der Waals surface area contributed by atoms with Crippen molar-refractivity contribution in [3.8, 4) is 0 Å². The minimum Gasteiger partial charge on any atom is -0.0622 e. The highest BCUT2D eigenvalue weighted by molar-refractivity contribution is 9.13. The number of hydrogen-bond donors (Lipinski definition) is 0. The van der Waals surface area contributed by atoms with E-state index in [2.05, 4.69) is 0 Å². The van der Waals surface area contributed by atoms with E-state index in [0.717, 1.165) is 0 Å². The Hall–Kier alpha value is 0.730. The Morgan fingerprint density at radius 2 is 1.33 bits per heavy atom. The van der Waals surface area contributed by atoms with Crippen LogP contribution in [0.3, 0.4) is 0 Å². The van der Waals surface area contributed by atoms with Crippen LogP contribution < -0.4 is 0 Å². The van der Waals surface area contributed by atoms with Crippen LogP contribution in [0.5, 0.6) is 0 Å². The van der Waals surface area contributed by atoms with Gasteiger partial charge in [-0.15, -0.1) is 0 Å². The van der Waals surface area contributed by atoms with Gasteiger partial charge in [-0.25, -0.2) is 0 Å². The molecule has 0 aliphatic rings. The van der Waals surface area contributed by atoms with Gasteiger partial charge in [-0.3, -0.25) is 0 Å². The highest BCUT2D eigenvalue weighted by Gasteiger charge is 2.50. The molecule has 0 saturated heterocycles. The molecule has 0 aliphatic carbocycles. The molecule has 0 aliphatic heterocycles. The zero-order chi connectivity index (χ0) is 9.52. The third-order valence-corrected chi connectivity index (χ3v) is 4.93. The van der Waals surface area contributed by atoms with E-state index in [1.165, 1.54) is 6.26 Å². The Morgan fingerprint density at radius 1 is 0.917 bits per heavy atom. The minimum atomic E-state index is -4.04. The Balaban J connectivity index is 3.36. The maximum atomic E-state index is 5.98. The smallest absolute Gasteiger partial charge is 0.0240 e. The van der Waals surface area contributed by atoms with E-state index in [1.807, 2.05) is 6.07 Å². The monoisotopic (exact) mass is 264 g/mol. The lowest BCUT2D eigenvalue weighted by molar-refractivity contribution is 1.45. The standard InChI is InChI=1S/C7H8Cl4S/c1-12(8,9,10,11)7-5-3-2-4-6-7/h2-6H,1H3. The number of rotatable bonds is 1. The van der Waals surface area contributed by atoms with Gasteiger partial charge in [0.2, 0.25) is 0 Å². The van der Waals surface area contributed by atoms with Gasteiger partial charge < -0.3 is 0 Å². The summed E-state index contributed by atoms with van der Waals surface area (Å²) in [5.41, 5.74) is 0. The quantitative estimate of drug-likeness (QED) is 0.658. The summed E-state index contributed by atoms with van der Waals surface area (Å²) in [6.45, 7) is 0. The summed E-state index contributed by atoms with van der Waals surface area (Å²) in [7, 11) is 23.9. The van der Waals surface area contributed by atoms with Crippen LogP contribution in [0, 0.1) is 0 Å². The molecule has 0 bridgehead atoms. The van der Waals surface area contributed by atoms with Crippen LogP contribution in [-0.4, -0.2) is 6.26 Å². The summed E-state index contributed by atoms with van der Waals surface area (Å²) in [5, 5.41) is -4.04. The van der Waals surface area contributed by atoms with E-state index < -0.39 is 5.15 Å². The summed E-state index contributed by atoms with van der Waals surface area (Å²) in [5.74, 6) is 0. The van der Waals surface area contributed by atoms with Crippen molar-refractivity contribution in [1.29, 1.82) is 0 Å². The Bertz CT molecular complexity index is 285. The fraction of sp³-hybridized carbons (Fsp3) is 0.143. The van der Waals surface area contributed by atoms with Crippen molar-refractivity contribution in [1.82, 2.24) is 0 Å². The number of benzene rings is 1. The van der Waals surface area contributed by atoms with Gasteiger partial charge in [0.1, 0.15) is 0 Å². The van der Waals surface area contributed by atoms with Crippen LogP contribution in [0.4, 0.5) is 0 Å². The van der Waals surface area contributed by atoms with Crippen LogP contribution in [0.25, 0.3) is 0 Å². The Morgan fingerprint density at radius 3 is 1.58 bits per heavy atom. The number of halogens is 4. The van der Waals surface area contributed by atoms with Crippen molar-refractivity contribution in [2.75, 3.05) is 6.26 Å². The third kappa shape index (κ3) is 2.90. The molecule has 70 valence electrons. The molecule has 1 rings (SSSR count). The Labute approximate surface area is 89.0 Å². The topological polar surface area (TPSA) is 0 Å². The van der Waals surface area contributed by atoms with E-state index in [-0.39, 0.29) is 0 Å². The van der Waals surface area contributed by atoms with Gasteiger partial charge in [0.25, 0.3) is 0 Å². The van der Waals surface area contributed by atoms with Gasteiger partial charge in [0.15, 0.2) is 0 Å². The summed E-state index contributed by atoms with van der Waals surface area (Å²) in [4.78, 5) is 0.546. The van der Waals surface area contributed by atoms with Gasteiger partial charge in [0, 0.05) is 11.2 Å². The molecule has 0 fully saturated rings. The molecule has 0 amide bonds. The minimum absolute atomic E-state index is 0.546. The van der Waals surface area contributed by atoms with E-state index in [1.54, 1.807) is 24.3 Å². The molecule has 0 nitrogen and oxygen atoms in total. The van der Waals surface area contributed by atoms with E-state index >= 15 is 0 Å². The van der Waals surface area contributed by atoms with Crippen LogP contribution >= 0.6 is 47.9 Å². The van der Waals surface area contributed by atoms with Crippen molar-refractivity contribution in [2.24, 2.45) is 0 Å². The molecule has 1 aromatic carbocycles. The van der Waals surface area contributed by atoms with Crippen molar-refractivity contribution < 1.29 is 0 Å². The predicted molar refractivity (Wildman–Crippen MR) is 61.6 cm³/mol. The molecular formula is C7H8Cl4S. The molecule has 0 unspecified atom stereocenters. The fourth-order valence-electron chi connectivity index (χ4n) is 0.762. The molecule has 0 atom stereocenters. The van der Waals surface area contributed by atoms with Gasteiger partial charge in [0.05, 0.1) is 0 Å². The van der Waals surface area contributed by atoms with Gasteiger partial charge in [-0.05, 0) is 60.0 Å². The van der Waals surface area contributed by atoms with Gasteiger partial charge in [-0.2, -0.15) is 0 Å². The van der Waals surface area contributed by atoms with Gasteiger partial charge in [-0.1, -0.05) is 18.2 Å². The third-order valence-electron chi connectivity index (χ3n) is 1.34. The molecule has 0 aromatic heterocycles. The average Bonchev–Trinajstić information content (AvgIpc) is 1.85. The van der Waals surface area contributed by atoms with E-state index in [9.17, 15) is 0 Å². The second kappa shape index (κ2) is 2.40. The van der Waals surface area contributed by atoms with Gasteiger partial charge >= 0.3 is 0 Å². The highest BCUT2D eigenvalue weighted by Crippen LogP contribution is 3.07. The summed E-state index contributed by atoms with van der Waals surface area (Å²) < 4.78 is 0. The summed E-state index contributed by atoms with van der Waals surface area (Å²) in [6, 6.07) is 8.83. The van der Waals surface area contributed by atoms with E-state index in [4.69, 9.17) is 42.7 Å². The lowest BCUT2D eigenvalue weighted by Gasteiger charge is -2.53. The van der Waals surface area contributed by atoms with Crippen molar-refractivity contribution in [3.63, 3.8) is 0 Å². The summed E-state index contributed by atoms with van der Waals surface area (Å²) in [6.07, 6.45) is 1.45. The first kappa shape index (κ1) is 10.8. The van der Waals surface area contributed by atoms with Crippen LogP contribution in [0.2, 0.25) is 0 Å².